The second-order valence-corrected chi connectivity index (χ2v) is 5.17. The van der Waals surface area contributed by atoms with Crippen molar-refractivity contribution < 1.29 is 0 Å². The maximum absolute atomic E-state index is 3.98. The molecule has 3 nitrogen and oxygen atoms in total. The van der Waals surface area contributed by atoms with Crippen LogP contribution in [0.15, 0.2) is 22.1 Å². The predicted molar refractivity (Wildman–Crippen MR) is 65.9 cm³/mol. The zero-order valence-corrected chi connectivity index (χ0v) is 10.8. The van der Waals surface area contributed by atoms with Gasteiger partial charge in [-0.2, -0.15) is 5.10 Å². The van der Waals surface area contributed by atoms with Crippen LogP contribution in [-0.4, -0.2) is 10.2 Å². The summed E-state index contributed by atoms with van der Waals surface area (Å²) in [6.07, 6.45) is 1.87. The molecule has 0 amide bonds. The van der Waals surface area contributed by atoms with Gasteiger partial charge in [-0.25, -0.2) is 0 Å². The van der Waals surface area contributed by atoms with Gasteiger partial charge in [0.1, 0.15) is 0 Å². The minimum absolute atomic E-state index is 0.854. The van der Waals surface area contributed by atoms with Crippen molar-refractivity contribution in [2.45, 2.75) is 20.0 Å². The number of aromatic nitrogens is 2. The van der Waals surface area contributed by atoms with Crippen LogP contribution in [-0.2, 0) is 13.1 Å². The fraction of sp³-hybridized carbons (Fsp3) is 0.300. The van der Waals surface area contributed by atoms with Crippen molar-refractivity contribution in [3.8, 4) is 0 Å². The first-order chi connectivity index (χ1) is 7.27. The fourth-order valence-corrected chi connectivity index (χ4v) is 2.78. The molecule has 0 saturated carbocycles. The Labute approximate surface area is 101 Å². The maximum Gasteiger partial charge on any atom is 0.0535 e. The highest BCUT2D eigenvalue weighted by molar-refractivity contribution is 9.10. The van der Waals surface area contributed by atoms with Crippen molar-refractivity contribution in [2.24, 2.45) is 0 Å². The molecule has 0 bridgehead atoms. The van der Waals surface area contributed by atoms with Gasteiger partial charge in [-0.1, -0.05) is 0 Å². The third kappa shape index (κ3) is 2.68. The van der Waals surface area contributed by atoms with E-state index in [0.29, 0.717) is 0 Å². The average Bonchev–Trinajstić information content (AvgIpc) is 2.78. The first-order valence-electron chi connectivity index (χ1n) is 4.69. The summed E-state index contributed by atoms with van der Waals surface area (Å²) in [6.45, 7) is 3.78. The van der Waals surface area contributed by atoms with E-state index in [1.165, 1.54) is 14.9 Å². The average molecular weight is 286 g/mol. The summed E-state index contributed by atoms with van der Waals surface area (Å²) >= 11 is 5.27. The number of nitrogens with one attached hydrogen (secondary N) is 2. The molecule has 0 aliphatic heterocycles. The zero-order chi connectivity index (χ0) is 10.7. The molecular weight excluding hydrogens is 274 g/mol. The maximum atomic E-state index is 3.98. The number of halogens is 1. The third-order valence-electron chi connectivity index (χ3n) is 2.23. The normalized spacial score (nSPS) is 10.8. The van der Waals surface area contributed by atoms with E-state index in [0.717, 1.165) is 18.8 Å². The molecule has 2 aromatic heterocycles. The van der Waals surface area contributed by atoms with Crippen LogP contribution >= 0.6 is 27.3 Å². The van der Waals surface area contributed by atoms with Crippen LogP contribution in [0.5, 0.6) is 0 Å². The molecule has 0 spiro atoms. The molecule has 0 atom stereocenters. The van der Waals surface area contributed by atoms with Gasteiger partial charge in [0.05, 0.1) is 6.20 Å². The number of hydrogen-bond acceptors (Lipinski definition) is 3. The summed E-state index contributed by atoms with van der Waals surface area (Å²) in [7, 11) is 0. The van der Waals surface area contributed by atoms with Crippen molar-refractivity contribution in [1.29, 1.82) is 0 Å². The van der Waals surface area contributed by atoms with Crippen molar-refractivity contribution in [3.63, 3.8) is 0 Å². The molecule has 2 rings (SSSR count). The highest BCUT2D eigenvalue weighted by Crippen LogP contribution is 2.22. The number of nitrogens with zero attached hydrogens (tertiary/aromatic N) is 1. The number of hydrogen-bond donors (Lipinski definition) is 2. The lowest BCUT2D eigenvalue weighted by atomic mass is 10.2. The Morgan fingerprint density at radius 2 is 2.40 bits per heavy atom. The molecule has 2 heterocycles. The van der Waals surface area contributed by atoms with Gasteiger partial charge in [-0.15, -0.1) is 11.3 Å². The summed E-state index contributed by atoms with van der Waals surface area (Å²) in [5.74, 6) is 0. The van der Waals surface area contributed by atoms with E-state index < -0.39 is 0 Å². The Morgan fingerprint density at radius 1 is 1.53 bits per heavy atom. The van der Waals surface area contributed by atoms with Gasteiger partial charge in [0.2, 0.25) is 0 Å². The molecule has 0 saturated heterocycles. The Bertz CT molecular complexity index is 395. The summed E-state index contributed by atoms with van der Waals surface area (Å²) < 4.78 is 1.18. The van der Waals surface area contributed by atoms with Crippen LogP contribution in [0.2, 0.25) is 0 Å². The van der Waals surface area contributed by atoms with Crippen LogP contribution in [0, 0.1) is 6.92 Å². The smallest absolute Gasteiger partial charge is 0.0535 e. The summed E-state index contributed by atoms with van der Waals surface area (Å²) in [5.41, 5.74) is 2.36. The van der Waals surface area contributed by atoms with E-state index >= 15 is 0 Å². The van der Waals surface area contributed by atoms with Gasteiger partial charge in [0.25, 0.3) is 0 Å². The quantitative estimate of drug-likeness (QED) is 0.907. The second-order valence-electron chi connectivity index (χ2n) is 3.32. The zero-order valence-electron chi connectivity index (χ0n) is 8.38. The first-order valence-corrected chi connectivity index (χ1v) is 6.36. The van der Waals surface area contributed by atoms with Crippen LogP contribution in [0.25, 0.3) is 0 Å². The van der Waals surface area contributed by atoms with E-state index in [2.05, 4.69) is 42.9 Å². The molecule has 15 heavy (non-hydrogen) atoms. The lowest BCUT2D eigenvalue weighted by Crippen LogP contribution is -2.12. The Balaban J connectivity index is 1.86. The van der Waals surface area contributed by atoms with Gasteiger partial charge in [-0.05, 0) is 34.3 Å². The highest BCUT2D eigenvalue weighted by Gasteiger charge is 2.02. The topological polar surface area (TPSA) is 40.7 Å². The van der Waals surface area contributed by atoms with E-state index in [1.54, 1.807) is 11.3 Å². The summed E-state index contributed by atoms with van der Waals surface area (Å²) in [5, 5.41) is 12.4. The van der Waals surface area contributed by atoms with Crippen LogP contribution in [0.3, 0.4) is 0 Å². The standard InChI is InChI=1S/C10H12BrN3S/c1-7-8(5-13-14-7)4-12-6-10-9(11)2-3-15-10/h2-3,5,12H,4,6H2,1H3,(H,13,14). The SMILES string of the molecule is Cc1[nH]ncc1CNCc1sccc1Br. The Kier molecular flexibility index (Phi) is 3.56. The molecule has 0 aliphatic rings. The largest absolute Gasteiger partial charge is 0.308 e. The second kappa shape index (κ2) is 4.92. The predicted octanol–water partition coefficient (Wildman–Crippen LogP) is 2.83. The molecule has 2 N–H and O–H groups in total. The molecule has 5 heteroatoms. The lowest BCUT2D eigenvalue weighted by Gasteiger charge is -2.02. The van der Waals surface area contributed by atoms with Gasteiger partial charge >= 0.3 is 0 Å². The fourth-order valence-electron chi connectivity index (χ4n) is 1.32. The molecule has 80 valence electrons. The van der Waals surface area contributed by atoms with E-state index in [9.17, 15) is 0 Å². The van der Waals surface area contributed by atoms with Crippen LogP contribution in [0.4, 0.5) is 0 Å². The van der Waals surface area contributed by atoms with E-state index in [1.807, 2.05) is 13.1 Å². The minimum Gasteiger partial charge on any atom is -0.308 e. The molecule has 0 unspecified atom stereocenters. The highest BCUT2D eigenvalue weighted by atomic mass is 79.9. The Hall–Kier alpha value is -0.650. The van der Waals surface area contributed by atoms with Crippen LogP contribution in [0.1, 0.15) is 16.1 Å². The summed E-state index contributed by atoms with van der Waals surface area (Å²) in [4.78, 5) is 1.33. The van der Waals surface area contributed by atoms with Crippen molar-refractivity contribution in [1.82, 2.24) is 15.5 Å². The van der Waals surface area contributed by atoms with E-state index in [-0.39, 0.29) is 0 Å². The van der Waals surface area contributed by atoms with Gasteiger partial charge in [-0.3, -0.25) is 5.10 Å². The number of rotatable bonds is 4. The number of aromatic amines is 1. The molecule has 0 radical (unpaired) electrons. The van der Waals surface area contributed by atoms with Crippen molar-refractivity contribution in [2.75, 3.05) is 0 Å². The lowest BCUT2D eigenvalue weighted by molar-refractivity contribution is 0.697. The first kappa shape index (κ1) is 10.9. The summed E-state index contributed by atoms with van der Waals surface area (Å²) in [6, 6.07) is 2.07. The minimum atomic E-state index is 0.854. The molecular formula is C10H12BrN3S. The molecule has 0 fully saturated rings. The number of aryl methyl sites for hydroxylation is 1. The van der Waals surface area contributed by atoms with Gasteiger partial charge in [0.15, 0.2) is 0 Å². The van der Waals surface area contributed by atoms with Crippen molar-refractivity contribution >= 4 is 27.3 Å². The van der Waals surface area contributed by atoms with Crippen molar-refractivity contribution in [3.05, 3.63) is 38.3 Å². The third-order valence-corrected chi connectivity index (χ3v) is 4.15. The van der Waals surface area contributed by atoms with E-state index in [4.69, 9.17) is 0 Å². The van der Waals surface area contributed by atoms with Gasteiger partial charge in [0, 0.05) is 33.7 Å². The Morgan fingerprint density at radius 3 is 3.00 bits per heavy atom. The molecule has 2 aromatic rings. The van der Waals surface area contributed by atoms with Gasteiger partial charge < -0.3 is 5.32 Å². The number of H-pyrrole nitrogens is 1. The van der Waals surface area contributed by atoms with Crippen LogP contribution < -0.4 is 5.32 Å². The number of thiophene rings is 1. The molecule has 0 aliphatic carbocycles. The molecule has 0 aromatic carbocycles. The monoisotopic (exact) mass is 285 g/mol.